The molecule has 126 valence electrons. The molecule has 0 aliphatic heterocycles. The Hall–Kier alpha value is -0.790. The van der Waals surface area contributed by atoms with Crippen molar-refractivity contribution in [2.75, 3.05) is 6.54 Å². The van der Waals surface area contributed by atoms with E-state index in [4.69, 9.17) is 34.8 Å². The highest BCUT2D eigenvalue weighted by Gasteiger charge is 2.19. The summed E-state index contributed by atoms with van der Waals surface area (Å²) in [5.41, 5.74) is 1.98. The molecule has 5 nitrogen and oxygen atoms in total. The van der Waals surface area contributed by atoms with Crippen molar-refractivity contribution in [3.05, 3.63) is 44.7 Å². The summed E-state index contributed by atoms with van der Waals surface area (Å²) >= 11 is 17.6. The van der Waals surface area contributed by atoms with Gasteiger partial charge in [0.05, 0.1) is 20.8 Å². The van der Waals surface area contributed by atoms with Crippen LogP contribution in [0.25, 0.3) is 0 Å². The van der Waals surface area contributed by atoms with Crippen LogP contribution in [0.4, 0.5) is 0 Å². The second-order valence-corrected chi connectivity index (χ2v) is 8.06. The average molecular weight is 397 g/mol. The highest BCUT2D eigenvalue weighted by Crippen LogP contribution is 2.31. The number of hydrogen-bond acceptors (Lipinski definition) is 3. The predicted octanol–water partition coefficient (Wildman–Crippen LogP) is 3.83. The van der Waals surface area contributed by atoms with Gasteiger partial charge in [0.1, 0.15) is 4.90 Å². The molecule has 1 heterocycles. The quantitative estimate of drug-likeness (QED) is 0.596. The number of hydrogen-bond donors (Lipinski definition) is 1. The Balaban J connectivity index is 1.99. The average Bonchev–Trinajstić information content (AvgIpc) is 2.77. The summed E-state index contributed by atoms with van der Waals surface area (Å²) < 4.78 is 28.9. The molecule has 0 saturated heterocycles. The third-order valence-electron chi connectivity index (χ3n) is 3.21. The molecule has 9 heteroatoms. The molecule has 23 heavy (non-hydrogen) atoms. The zero-order valence-electron chi connectivity index (χ0n) is 12.6. The van der Waals surface area contributed by atoms with Gasteiger partial charge in [0.25, 0.3) is 0 Å². The summed E-state index contributed by atoms with van der Waals surface area (Å²) in [6.07, 6.45) is 0.597. The second kappa shape index (κ2) is 7.40. The fourth-order valence-corrected chi connectivity index (χ4v) is 4.20. The lowest BCUT2D eigenvalue weighted by Crippen LogP contribution is -2.26. The molecule has 0 saturated carbocycles. The van der Waals surface area contributed by atoms with Crippen LogP contribution >= 0.6 is 34.8 Å². The van der Waals surface area contributed by atoms with E-state index in [-0.39, 0.29) is 26.5 Å². The van der Waals surface area contributed by atoms with Crippen molar-refractivity contribution in [3.8, 4) is 0 Å². The van der Waals surface area contributed by atoms with Crippen LogP contribution in [0.1, 0.15) is 17.8 Å². The van der Waals surface area contributed by atoms with Crippen LogP contribution in [0.2, 0.25) is 15.1 Å². The van der Waals surface area contributed by atoms with Gasteiger partial charge < -0.3 is 0 Å². The van der Waals surface area contributed by atoms with Gasteiger partial charge in [0.2, 0.25) is 10.0 Å². The third-order valence-corrected chi connectivity index (χ3v) is 5.85. The first-order chi connectivity index (χ1) is 10.7. The summed E-state index contributed by atoms with van der Waals surface area (Å²) in [6, 6.07) is 4.53. The topological polar surface area (TPSA) is 64.0 Å². The number of aromatic nitrogens is 2. The van der Waals surface area contributed by atoms with Gasteiger partial charge in [-0.2, -0.15) is 5.10 Å². The number of sulfonamides is 1. The van der Waals surface area contributed by atoms with Crippen molar-refractivity contribution >= 4 is 44.8 Å². The molecule has 0 aliphatic carbocycles. The van der Waals surface area contributed by atoms with Crippen molar-refractivity contribution < 1.29 is 8.42 Å². The van der Waals surface area contributed by atoms with Gasteiger partial charge in [-0.3, -0.25) is 4.68 Å². The Morgan fingerprint density at radius 1 is 1.09 bits per heavy atom. The van der Waals surface area contributed by atoms with Crippen molar-refractivity contribution in [2.24, 2.45) is 0 Å². The number of nitrogens with one attached hydrogen (secondary N) is 1. The molecular formula is C14H16Cl3N3O2S. The lowest BCUT2D eigenvalue weighted by atomic mass is 10.4. The first-order valence-corrected chi connectivity index (χ1v) is 9.47. The van der Waals surface area contributed by atoms with Crippen molar-refractivity contribution in [3.63, 3.8) is 0 Å². The molecule has 0 aliphatic rings. The lowest BCUT2D eigenvalue weighted by molar-refractivity contribution is 0.544. The summed E-state index contributed by atoms with van der Waals surface area (Å²) in [4.78, 5) is -0.0836. The zero-order valence-corrected chi connectivity index (χ0v) is 15.7. The van der Waals surface area contributed by atoms with E-state index >= 15 is 0 Å². The standard InChI is InChI=1S/C14H16Cl3N3O2S/c1-9-6-10(2)20(19-9)5-3-4-18-23(21,22)14-8-12(16)11(15)7-13(14)17/h6-8,18H,3-5H2,1-2H3. The van der Waals surface area contributed by atoms with Crippen LogP contribution in [0.15, 0.2) is 23.1 Å². The molecule has 1 aromatic heterocycles. The molecule has 0 atom stereocenters. The maximum atomic E-state index is 12.3. The van der Waals surface area contributed by atoms with Gasteiger partial charge in [0, 0.05) is 18.8 Å². The fourth-order valence-electron chi connectivity index (χ4n) is 2.12. The van der Waals surface area contributed by atoms with E-state index in [0.717, 1.165) is 11.4 Å². The SMILES string of the molecule is Cc1cc(C)n(CCCNS(=O)(=O)c2cc(Cl)c(Cl)cc2Cl)n1. The van der Waals surface area contributed by atoms with Gasteiger partial charge in [-0.15, -0.1) is 0 Å². The number of aryl methyl sites for hydroxylation is 3. The zero-order chi connectivity index (χ0) is 17.2. The highest BCUT2D eigenvalue weighted by atomic mass is 35.5. The molecule has 1 aromatic carbocycles. The minimum Gasteiger partial charge on any atom is -0.270 e. The third kappa shape index (κ3) is 4.61. The van der Waals surface area contributed by atoms with E-state index in [2.05, 4.69) is 9.82 Å². The molecule has 0 unspecified atom stereocenters. The predicted molar refractivity (Wildman–Crippen MR) is 93.0 cm³/mol. The van der Waals surface area contributed by atoms with Crippen LogP contribution in [0.5, 0.6) is 0 Å². The Kier molecular flexibility index (Phi) is 5.97. The number of benzene rings is 1. The normalized spacial score (nSPS) is 11.9. The summed E-state index contributed by atoms with van der Waals surface area (Å²) in [5.74, 6) is 0. The van der Waals surface area contributed by atoms with Crippen molar-refractivity contribution in [1.29, 1.82) is 0 Å². The Bertz CT molecular complexity index is 819. The Morgan fingerprint density at radius 3 is 2.35 bits per heavy atom. The molecule has 2 aromatic rings. The largest absolute Gasteiger partial charge is 0.270 e. The minimum absolute atomic E-state index is 0.0328. The molecule has 1 N–H and O–H groups in total. The van der Waals surface area contributed by atoms with E-state index in [1.165, 1.54) is 12.1 Å². The van der Waals surface area contributed by atoms with Gasteiger partial charge in [-0.05, 0) is 38.5 Å². The summed E-state index contributed by atoms with van der Waals surface area (Å²) in [6.45, 7) is 4.76. The molecule has 0 amide bonds. The minimum atomic E-state index is -3.74. The lowest BCUT2D eigenvalue weighted by Gasteiger charge is -2.10. The Labute approximate surface area is 150 Å². The van der Waals surface area contributed by atoms with E-state index in [9.17, 15) is 8.42 Å². The van der Waals surface area contributed by atoms with Crippen LogP contribution in [0, 0.1) is 13.8 Å². The number of nitrogens with zero attached hydrogens (tertiary/aromatic N) is 2. The molecule has 0 bridgehead atoms. The van der Waals surface area contributed by atoms with E-state index in [0.29, 0.717) is 13.0 Å². The van der Waals surface area contributed by atoms with Crippen molar-refractivity contribution in [2.45, 2.75) is 31.7 Å². The Morgan fingerprint density at radius 2 is 1.74 bits per heavy atom. The van der Waals surface area contributed by atoms with Crippen LogP contribution < -0.4 is 4.72 Å². The van der Waals surface area contributed by atoms with Gasteiger partial charge in [-0.25, -0.2) is 13.1 Å². The van der Waals surface area contributed by atoms with Gasteiger partial charge in [-0.1, -0.05) is 34.8 Å². The number of halogens is 3. The molecule has 0 spiro atoms. The first kappa shape index (κ1) is 18.5. The fraction of sp³-hybridized carbons (Fsp3) is 0.357. The second-order valence-electron chi connectivity index (χ2n) is 5.10. The monoisotopic (exact) mass is 395 g/mol. The van der Waals surface area contributed by atoms with Crippen molar-refractivity contribution in [1.82, 2.24) is 14.5 Å². The van der Waals surface area contributed by atoms with Gasteiger partial charge in [0.15, 0.2) is 0 Å². The summed E-state index contributed by atoms with van der Waals surface area (Å²) in [5, 5.41) is 4.70. The summed E-state index contributed by atoms with van der Waals surface area (Å²) in [7, 11) is -3.74. The highest BCUT2D eigenvalue weighted by molar-refractivity contribution is 7.89. The van der Waals surface area contributed by atoms with Crippen LogP contribution in [-0.2, 0) is 16.6 Å². The smallest absolute Gasteiger partial charge is 0.242 e. The molecule has 0 radical (unpaired) electrons. The maximum Gasteiger partial charge on any atom is 0.242 e. The van der Waals surface area contributed by atoms with Crippen LogP contribution in [-0.4, -0.2) is 24.7 Å². The van der Waals surface area contributed by atoms with E-state index in [1.54, 1.807) is 0 Å². The molecular weight excluding hydrogens is 381 g/mol. The first-order valence-electron chi connectivity index (χ1n) is 6.86. The maximum absolute atomic E-state index is 12.3. The molecule has 2 rings (SSSR count). The number of rotatable bonds is 6. The molecule has 0 fully saturated rings. The van der Waals surface area contributed by atoms with E-state index < -0.39 is 10.0 Å². The van der Waals surface area contributed by atoms with Crippen LogP contribution in [0.3, 0.4) is 0 Å². The van der Waals surface area contributed by atoms with Gasteiger partial charge >= 0.3 is 0 Å². The van der Waals surface area contributed by atoms with E-state index in [1.807, 2.05) is 24.6 Å².